The second-order valence-electron chi connectivity index (χ2n) is 5.89. The average molecular weight is 408 g/mol. The van der Waals surface area contributed by atoms with E-state index in [4.69, 9.17) is 11.6 Å². The number of nitrogens with zero attached hydrogens (tertiary/aromatic N) is 2. The van der Waals surface area contributed by atoms with E-state index in [0.29, 0.717) is 18.1 Å². The minimum Gasteiger partial charge on any atom is -0.303 e. The summed E-state index contributed by atoms with van der Waals surface area (Å²) in [6.45, 7) is 4.16. The molecule has 2 heterocycles. The highest BCUT2D eigenvalue weighted by Gasteiger charge is 2.13. The van der Waals surface area contributed by atoms with Crippen LogP contribution in [0.15, 0.2) is 34.4 Å². The maximum Gasteiger partial charge on any atom is 0.307 e. The minimum atomic E-state index is -0.152. The van der Waals surface area contributed by atoms with Gasteiger partial charge in [0.05, 0.1) is 5.69 Å². The largest absolute Gasteiger partial charge is 0.307 e. The average Bonchev–Trinajstić information content (AvgIpc) is 3.10. The first-order valence-electron chi connectivity index (χ1n) is 8.08. The van der Waals surface area contributed by atoms with Crippen molar-refractivity contribution in [3.8, 4) is 0 Å². The molecule has 0 atom stereocenters. The molecule has 8 heteroatoms. The van der Waals surface area contributed by atoms with E-state index in [1.165, 1.54) is 11.3 Å². The molecular formula is C18H18ClN3O2S2. The molecule has 0 radical (unpaired) electrons. The quantitative estimate of drug-likeness (QED) is 0.664. The maximum atomic E-state index is 12.2. The number of aryl methyl sites for hydroxylation is 2. The molecule has 3 aromatic rings. The predicted molar refractivity (Wildman–Crippen MR) is 108 cm³/mol. The first-order chi connectivity index (χ1) is 12.4. The van der Waals surface area contributed by atoms with E-state index in [2.05, 4.69) is 10.3 Å². The molecule has 2 aromatic heterocycles. The lowest BCUT2D eigenvalue weighted by atomic mass is 10.1. The molecule has 0 spiro atoms. The number of benzene rings is 1. The van der Waals surface area contributed by atoms with Crippen LogP contribution in [-0.2, 0) is 17.8 Å². The van der Waals surface area contributed by atoms with Gasteiger partial charge < -0.3 is 9.88 Å². The third kappa shape index (κ3) is 4.41. The fourth-order valence-electron chi connectivity index (χ4n) is 2.53. The summed E-state index contributed by atoms with van der Waals surface area (Å²) in [7, 11) is 0. The standard InChI is InChI=1S/C18H18ClN3O2S2/c1-11-10-25-18(24)22(11)8-7-16(23)21-17-20-12(2)15(26-17)9-13-5-3-4-6-14(13)19/h3-6,10H,7-9H2,1-2H3,(H,20,21,23). The molecule has 1 amide bonds. The molecule has 136 valence electrons. The molecule has 1 N–H and O–H groups in total. The normalized spacial score (nSPS) is 10.9. The summed E-state index contributed by atoms with van der Waals surface area (Å²) in [5.41, 5.74) is 2.79. The Morgan fingerprint density at radius 1 is 1.31 bits per heavy atom. The summed E-state index contributed by atoms with van der Waals surface area (Å²) in [5, 5.41) is 5.92. The smallest absolute Gasteiger partial charge is 0.303 e. The van der Waals surface area contributed by atoms with E-state index >= 15 is 0 Å². The highest BCUT2D eigenvalue weighted by atomic mass is 35.5. The highest BCUT2D eigenvalue weighted by Crippen LogP contribution is 2.27. The van der Waals surface area contributed by atoms with Crippen molar-refractivity contribution in [1.29, 1.82) is 0 Å². The van der Waals surface area contributed by atoms with Gasteiger partial charge in [-0.05, 0) is 25.5 Å². The number of hydrogen-bond donors (Lipinski definition) is 1. The summed E-state index contributed by atoms with van der Waals surface area (Å²) in [6, 6.07) is 7.71. The van der Waals surface area contributed by atoms with Gasteiger partial charge in [-0.2, -0.15) is 0 Å². The van der Waals surface area contributed by atoms with Gasteiger partial charge in [-0.1, -0.05) is 41.1 Å². The van der Waals surface area contributed by atoms with Crippen LogP contribution in [0.4, 0.5) is 5.13 Å². The Balaban J connectivity index is 1.63. The molecule has 0 saturated carbocycles. The number of rotatable bonds is 6. The number of hydrogen-bond acceptors (Lipinski definition) is 5. The topological polar surface area (TPSA) is 64.0 Å². The van der Waals surface area contributed by atoms with E-state index in [1.807, 2.05) is 38.1 Å². The molecule has 5 nitrogen and oxygen atoms in total. The Morgan fingerprint density at radius 3 is 2.77 bits per heavy atom. The molecule has 1 aromatic carbocycles. The molecule has 0 fully saturated rings. The Bertz CT molecular complexity index is 990. The molecule has 0 aliphatic heterocycles. The summed E-state index contributed by atoms with van der Waals surface area (Å²) in [5.74, 6) is -0.152. The number of thiazole rings is 2. The van der Waals surface area contributed by atoms with Crippen molar-refractivity contribution in [2.45, 2.75) is 33.2 Å². The van der Waals surface area contributed by atoms with Gasteiger partial charge in [0.15, 0.2) is 5.13 Å². The molecule has 0 unspecified atom stereocenters. The Kier molecular flexibility index (Phi) is 5.90. The van der Waals surface area contributed by atoms with Crippen molar-refractivity contribution in [2.75, 3.05) is 5.32 Å². The monoisotopic (exact) mass is 407 g/mol. The fourth-order valence-corrected chi connectivity index (χ4v) is 4.50. The number of aromatic nitrogens is 2. The van der Waals surface area contributed by atoms with Crippen molar-refractivity contribution in [1.82, 2.24) is 9.55 Å². The molecule has 0 aliphatic carbocycles. The van der Waals surface area contributed by atoms with Crippen LogP contribution in [0.2, 0.25) is 5.02 Å². The van der Waals surface area contributed by atoms with E-state index in [9.17, 15) is 9.59 Å². The molecule has 0 aliphatic rings. The van der Waals surface area contributed by atoms with Crippen LogP contribution in [0, 0.1) is 13.8 Å². The van der Waals surface area contributed by atoms with Gasteiger partial charge in [0.2, 0.25) is 5.91 Å². The van der Waals surface area contributed by atoms with Gasteiger partial charge in [-0.15, -0.1) is 11.3 Å². The molecule has 0 saturated heterocycles. The van der Waals surface area contributed by atoms with E-state index in [1.54, 1.807) is 9.95 Å². The Labute approximate surface area is 164 Å². The number of anilines is 1. The van der Waals surface area contributed by atoms with Crippen LogP contribution in [0.25, 0.3) is 0 Å². The maximum absolute atomic E-state index is 12.2. The zero-order valence-corrected chi connectivity index (χ0v) is 16.8. The zero-order valence-electron chi connectivity index (χ0n) is 14.4. The number of nitrogens with one attached hydrogen (secondary N) is 1. The third-order valence-corrected chi connectivity index (χ3v) is 6.31. The van der Waals surface area contributed by atoms with E-state index in [-0.39, 0.29) is 17.2 Å². The van der Waals surface area contributed by atoms with E-state index in [0.717, 1.165) is 38.2 Å². The minimum absolute atomic E-state index is 0.0394. The summed E-state index contributed by atoms with van der Waals surface area (Å²) >= 11 is 8.82. The Hall–Kier alpha value is -1.96. The van der Waals surface area contributed by atoms with Crippen LogP contribution in [0.5, 0.6) is 0 Å². The first-order valence-corrected chi connectivity index (χ1v) is 10.2. The molecule has 0 bridgehead atoms. The van der Waals surface area contributed by atoms with Gasteiger partial charge in [0.25, 0.3) is 0 Å². The van der Waals surface area contributed by atoms with E-state index < -0.39 is 0 Å². The van der Waals surface area contributed by atoms with Crippen molar-refractivity contribution >= 4 is 45.3 Å². The number of carbonyl (C=O) groups is 1. The summed E-state index contributed by atoms with van der Waals surface area (Å²) in [4.78, 5) is 29.3. The van der Waals surface area contributed by atoms with Gasteiger partial charge in [0, 0.05) is 40.4 Å². The summed E-state index contributed by atoms with van der Waals surface area (Å²) < 4.78 is 1.61. The Morgan fingerprint density at radius 2 is 2.08 bits per heavy atom. The van der Waals surface area contributed by atoms with Gasteiger partial charge in [-0.3, -0.25) is 9.59 Å². The lowest BCUT2D eigenvalue weighted by Crippen LogP contribution is -2.20. The number of amides is 1. The van der Waals surface area contributed by atoms with Crippen molar-refractivity contribution in [2.24, 2.45) is 0 Å². The zero-order chi connectivity index (χ0) is 18.7. The molecule has 26 heavy (non-hydrogen) atoms. The lowest BCUT2D eigenvalue weighted by Gasteiger charge is -2.04. The molecule has 3 rings (SSSR count). The SMILES string of the molecule is Cc1nc(NC(=O)CCn2c(C)csc2=O)sc1Cc1ccccc1Cl. The highest BCUT2D eigenvalue weighted by molar-refractivity contribution is 7.15. The van der Waals surface area contributed by atoms with Crippen LogP contribution < -0.4 is 10.2 Å². The van der Waals surface area contributed by atoms with Gasteiger partial charge in [-0.25, -0.2) is 4.98 Å². The van der Waals surface area contributed by atoms with Crippen LogP contribution in [-0.4, -0.2) is 15.5 Å². The number of carbonyl (C=O) groups excluding carboxylic acids is 1. The third-order valence-electron chi connectivity index (χ3n) is 3.99. The van der Waals surface area contributed by atoms with Gasteiger partial charge >= 0.3 is 4.87 Å². The summed E-state index contributed by atoms with van der Waals surface area (Å²) in [6.07, 6.45) is 0.915. The molecular weight excluding hydrogens is 390 g/mol. The fraction of sp³-hybridized carbons (Fsp3) is 0.278. The van der Waals surface area contributed by atoms with Crippen molar-refractivity contribution in [3.05, 3.63) is 66.2 Å². The second-order valence-corrected chi connectivity index (χ2v) is 8.20. The lowest BCUT2D eigenvalue weighted by molar-refractivity contribution is -0.116. The van der Waals surface area contributed by atoms with Crippen LogP contribution in [0.1, 0.15) is 28.2 Å². The van der Waals surface area contributed by atoms with Gasteiger partial charge in [0.1, 0.15) is 0 Å². The van der Waals surface area contributed by atoms with Crippen molar-refractivity contribution in [3.63, 3.8) is 0 Å². The second kappa shape index (κ2) is 8.16. The van der Waals surface area contributed by atoms with Crippen LogP contribution >= 0.6 is 34.3 Å². The predicted octanol–water partition coefficient (Wildman–Crippen LogP) is 4.26. The van der Waals surface area contributed by atoms with Crippen LogP contribution in [0.3, 0.4) is 0 Å². The number of halogens is 1. The van der Waals surface area contributed by atoms with Crippen molar-refractivity contribution < 1.29 is 4.79 Å². The first kappa shape index (κ1) is 18.8.